The summed E-state index contributed by atoms with van der Waals surface area (Å²) in [6.45, 7) is 4.17. The molecule has 1 fully saturated rings. The smallest absolute Gasteiger partial charge is 0.293 e. The van der Waals surface area contributed by atoms with Crippen molar-refractivity contribution in [3.05, 3.63) is 100 Å². The SMILES string of the molecule is CCc1nnc2c(-c3ccc(C#CC(C)(C)O)nc3[C@@H](CC(=O)Cn3nc(C(F)F)c4c3C(F)(F)[C@@H]3C[C@H]43)Cc3cc(F)cc(F)c3)cccn12. The second kappa shape index (κ2) is 12.6. The molecule has 0 spiro atoms. The van der Waals surface area contributed by atoms with Gasteiger partial charge in [0.1, 0.15) is 46.7 Å². The number of carbonyl (C=O) groups is 1. The van der Waals surface area contributed by atoms with E-state index in [9.17, 15) is 27.5 Å². The van der Waals surface area contributed by atoms with Crippen molar-refractivity contribution < 1.29 is 36.2 Å². The van der Waals surface area contributed by atoms with E-state index < -0.39 is 77.5 Å². The van der Waals surface area contributed by atoms with Gasteiger partial charge in [0.2, 0.25) is 0 Å². The number of alkyl halides is 4. The van der Waals surface area contributed by atoms with Crippen molar-refractivity contribution in [2.45, 2.75) is 82.8 Å². The summed E-state index contributed by atoms with van der Waals surface area (Å²) in [5.74, 6) is -2.32. The zero-order valence-electron chi connectivity index (χ0n) is 27.8. The van der Waals surface area contributed by atoms with Crippen LogP contribution in [0.5, 0.6) is 0 Å². The van der Waals surface area contributed by atoms with Gasteiger partial charge in [-0.2, -0.15) is 13.9 Å². The third-order valence-corrected chi connectivity index (χ3v) is 9.29. The van der Waals surface area contributed by atoms with Gasteiger partial charge in [-0.15, -0.1) is 10.2 Å². The molecule has 0 radical (unpaired) electrons. The van der Waals surface area contributed by atoms with Crippen LogP contribution in [-0.2, 0) is 30.1 Å². The van der Waals surface area contributed by atoms with Crippen LogP contribution in [0.1, 0.15) is 91.6 Å². The fourth-order valence-electron chi connectivity index (χ4n) is 7.08. The lowest BCUT2D eigenvalue weighted by molar-refractivity contribution is -0.120. The van der Waals surface area contributed by atoms with Crippen LogP contribution in [0.2, 0.25) is 0 Å². The lowest BCUT2D eigenvalue weighted by atomic mass is 9.86. The Hall–Kier alpha value is -5.03. The van der Waals surface area contributed by atoms with E-state index in [-0.39, 0.29) is 35.4 Å². The lowest BCUT2D eigenvalue weighted by Gasteiger charge is -2.21. The van der Waals surface area contributed by atoms with Gasteiger partial charge in [0.25, 0.3) is 12.3 Å². The van der Waals surface area contributed by atoms with Gasteiger partial charge in [-0.05, 0) is 80.5 Å². The summed E-state index contributed by atoms with van der Waals surface area (Å²) < 4.78 is 89.9. The predicted octanol–water partition coefficient (Wildman–Crippen LogP) is 7.08. The minimum atomic E-state index is -3.42. The molecule has 2 aliphatic rings. The number of aryl methyl sites for hydroxylation is 1. The number of Topliss-reactive ketones (excluding diaryl/α,β-unsaturated/α-hetero) is 1. The quantitative estimate of drug-likeness (QED) is 0.123. The molecule has 1 aromatic carbocycles. The van der Waals surface area contributed by atoms with Crippen molar-refractivity contribution in [3.8, 4) is 23.0 Å². The molecule has 264 valence electrons. The number of aliphatic hydroxyl groups is 1. The van der Waals surface area contributed by atoms with Gasteiger partial charge in [-0.25, -0.2) is 22.5 Å². The van der Waals surface area contributed by atoms with Crippen LogP contribution in [0.15, 0.2) is 48.7 Å². The van der Waals surface area contributed by atoms with E-state index in [0.717, 1.165) is 12.1 Å². The number of pyridine rings is 2. The minimum absolute atomic E-state index is 0.0747. The van der Waals surface area contributed by atoms with Crippen LogP contribution >= 0.6 is 0 Å². The zero-order chi connectivity index (χ0) is 36.4. The summed E-state index contributed by atoms with van der Waals surface area (Å²) in [4.78, 5) is 18.7. The molecule has 0 unspecified atom stereocenters. The van der Waals surface area contributed by atoms with Crippen LogP contribution in [-0.4, -0.2) is 45.9 Å². The molecule has 14 heteroatoms. The molecule has 0 bridgehead atoms. The van der Waals surface area contributed by atoms with Crippen LogP contribution in [0.4, 0.5) is 26.3 Å². The summed E-state index contributed by atoms with van der Waals surface area (Å²) in [6, 6.07) is 9.83. The summed E-state index contributed by atoms with van der Waals surface area (Å²) in [5.41, 5.74) is -0.756. The normalized spacial score (nSPS) is 18.0. The maximum absolute atomic E-state index is 15.3. The Morgan fingerprint density at radius 1 is 1.08 bits per heavy atom. The van der Waals surface area contributed by atoms with Crippen LogP contribution in [0.25, 0.3) is 16.8 Å². The number of fused-ring (bicyclic) bond motifs is 4. The molecule has 7 rings (SSSR count). The standard InChI is InChI=1S/C37H32F6N6O2/c1-4-29-45-46-35-26(6-5-11-48(29)35)25-8-7-23(9-10-36(2,3)51)44-31(25)20(12-19-13-21(38)16-22(39)14-19)15-24(50)18-49-33-30(32(47-49)34(40)41)27-17-28(27)37(33,42)43/h5-8,11,13-14,16,20,27-28,34,51H,4,12,15,17-18H2,1-3H3/t20-,27+,28-/m1/s1. The highest BCUT2D eigenvalue weighted by Gasteiger charge is 2.67. The van der Waals surface area contributed by atoms with Crippen molar-refractivity contribution in [2.75, 3.05) is 0 Å². The Kier molecular flexibility index (Phi) is 8.52. The van der Waals surface area contributed by atoms with E-state index in [1.807, 2.05) is 6.92 Å². The molecule has 4 aromatic heterocycles. The number of hydrogen-bond donors (Lipinski definition) is 1. The van der Waals surface area contributed by atoms with Crippen molar-refractivity contribution in [3.63, 3.8) is 0 Å². The number of halogens is 6. The first-order valence-corrected chi connectivity index (χ1v) is 16.5. The van der Waals surface area contributed by atoms with Crippen LogP contribution in [0, 0.1) is 29.4 Å². The van der Waals surface area contributed by atoms with Crippen LogP contribution < -0.4 is 0 Å². The fourth-order valence-corrected chi connectivity index (χ4v) is 7.08. The molecule has 2 aliphatic carbocycles. The average molecular weight is 707 g/mol. The number of hydrogen-bond acceptors (Lipinski definition) is 6. The molecule has 0 aliphatic heterocycles. The molecule has 0 saturated heterocycles. The monoisotopic (exact) mass is 706 g/mol. The highest BCUT2D eigenvalue weighted by molar-refractivity contribution is 5.82. The summed E-state index contributed by atoms with van der Waals surface area (Å²) in [7, 11) is 0. The predicted molar refractivity (Wildman–Crippen MR) is 173 cm³/mol. The van der Waals surface area contributed by atoms with E-state index in [2.05, 4.69) is 27.1 Å². The first-order valence-electron chi connectivity index (χ1n) is 16.5. The van der Waals surface area contributed by atoms with Gasteiger partial charge in [0, 0.05) is 53.6 Å². The topological polar surface area (TPSA) is 98.2 Å². The number of benzene rings is 1. The van der Waals surface area contributed by atoms with E-state index in [1.165, 1.54) is 13.8 Å². The maximum Gasteiger partial charge on any atom is 0.293 e. The van der Waals surface area contributed by atoms with Crippen molar-refractivity contribution in [1.29, 1.82) is 0 Å². The number of aromatic nitrogens is 6. The first-order chi connectivity index (χ1) is 24.1. The molecule has 4 heterocycles. The van der Waals surface area contributed by atoms with E-state index in [1.54, 1.807) is 34.9 Å². The number of ketones is 1. The first kappa shape index (κ1) is 34.4. The molecule has 5 aromatic rings. The maximum atomic E-state index is 15.3. The molecule has 1 saturated carbocycles. The molecular formula is C37H32F6N6O2. The molecule has 51 heavy (non-hydrogen) atoms. The van der Waals surface area contributed by atoms with Crippen molar-refractivity contribution >= 4 is 11.4 Å². The molecule has 8 nitrogen and oxygen atoms in total. The van der Waals surface area contributed by atoms with E-state index >= 15 is 8.78 Å². The van der Waals surface area contributed by atoms with Gasteiger partial charge >= 0.3 is 0 Å². The van der Waals surface area contributed by atoms with Gasteiger partial charge in [0.15, 0.2) is 11.4 Å². The molecule has 1 N–H and O–H groups in total. The van der Waals surface area contributed by atoms with Gasteiger partial charge in [0.05, 0.1) is 5.69 Å². The Labute approximate surface area is 288 Å². The summed E-state index contributed by atoms with van der Waals surface area (Å²) in [6.07, 6.45) is -1.18. The number of nitrogens with zero attached hydrogens (tertiary/aromatic N) is 6. The summed E-state index contributed by atoms with van der Waals surface area (Å²) in [5, 5.41) is 22.7. The molecule has 0 amide bonds. The van der Waals surface area contributed by atoms with Gasteiger partial charge < -0.3 is 5.11 Å². The van der Waals surface area contributed by atoms with Crippen LogP contribution in [0.3, 0.4) is 0 Å². The molecular weight excluding hydrogens is 674 g/mol. The van der Waals surface area contributed by atoms with Gasteiger partial charge in [-0.3, -0.25) is 13.9 Å². The average Bonchev–Trinajstić information content (AvgIpc) is 3.51. The highest BCUT2D eigenvalue weighted by Crippen LogP contribution is 2.68. The Morgan fingerprint density at radius 2 is 1.82 bits per heavy atom. The fraction of sp³-hybridized carbons (Fsp3) is 0.378. The third-order valence-electron chi connectivity index (χ3n) is 9.29. The largest absolute Gasteiger partial charge is 0.378 e. The van der Waals surface area contributed by atoms with Crippen molar-refractivity contribution in [1.82, 2.24) is 29.4 Å². The Morgan fingerprint density at radius 3 is 2.51 bits per heavy atom. The van der Waals surface area contributed by atoms with E-state index in [0.29, 0.717) is 39.8 Å². The number of carbonyl (C=O) groups excluding carboxylic acids is 1. The highest BCUT2D eigenvalue weighted by atomic mass is 19.3. The molecule has 3 atom stereocenters. The van der Waals surface area contributed by atoms with Gasteiger partial charge in [-0.1, -0.05) is 12.8 Å². The third kappa shape index (κ3) is 6.51. The lowest BCUT2D eigenvalue weighted by Crippen LogP contribution is -2.24. The van der Waals surface area contributed by atoms with E-state index in [4.69, 9.17) is 4.98 Å². The number of rotatable bonds is 10. The Bertz CT molecular complexity index is 2230. The Balaban J connectivity index is 1.34. The second-order valence-electron chi connectivity index (χ2n) is 13.6. The summed E-state index contributed by atoms with van der Waals surface area (Å²) >= 11 is 0. The zero-order valence-corrected chi connectivity index (χ0v) is 27.8. The minimum Gasteiger partial charge on any atom is -0.378 e. The second-order valence-corrected chi connectivity index (χ2v) is 13.6. The van der Waals surface area contributed by atoms with Crippen molar-refractivity contribution in [2.24, 2.45) is 5.92 Å².